The number of nitrogens with one attached hydrogen (secondary N) is 1. The van der Waals surface area contributed by atoms with Crippen LogP contribution in [0.25, 0.3) is 11.5 Å². The molecule has 1 amide bonds. The molecule has 0 aliphatic heterocycles. The van der Waals surface area contributed by atoms with Crippen molar-refractivity contribution in [2.24, 2.45) is 0 Å². The minimum absolute atomic E-state index is 0.0104. The summed E-state index contributed by atoms with van der Waals surface area (Å²) >= 11 is 0. The van der Waals surface area contributed by atoms with E-state index in [0.29, 0.717) is 16.8 Å². The molecule has 1 aliphatic rings. The topological polar surface area (TPSA) is 104 Å². The number of rotatable bonds is 7. The van der Waals surface area contributed by atoms with Crippen molar-refractivity contribution in [1.82, 2.24) is 5.32 Å². The number of allylic oxidation sites excluding steroid dienone is 1. The normalized spacial score (nSPS) is 13.4. The van der Waals surface area contributed by atoms with Gasteiger partial charge in [0.05, 0.1) is 12.7 Å². The summed E-state index contributed by atoms with van der Waals surface area (Å²) in [5.41, 5.74) is 8.23. The van der Waals surface area contributed by atoms with E-state index in [1.165, 1.54) is 20.1 Å². The second-order valence-electron chi connectivity index (χ2n) is 6.76. The number of carbonyl (C=O) groups excluding carboxylic acids is 2. The second-order valence-corrected chi connectivity index (χ2v) is 6.76. The first-order valence-corrected chi connectivity index (χ1v) is 9.03. The first-order chi connectivity index (χ1) is 13.4. The van der Waals surface area contributed by atoms with Gasteiger partial charge in [-0.25, -0.2) is 0 Å². The Morgan fingerprint density at radius 3 is 2.43 bits per heavy atom. The molecule has 0 unspecified atom stereocenters. The van der Waals surface area contributed by atoms with Gasteiger partial charge in [-0.05, 0) is 37.5 Å². The number of anilines is 1. The lowest BCUT2D eigenvalue weighted by Gasteiger charge is -2.19. The van der Waals surface area contributed by atoms with Gasteiger partial charge in [-0.1, -0.05) is 36.4 Å². The zero-order chi connectivity index (χ0) is 20.3. The lowest BCUT2D eigenvalue weighted by Crippen LogP contribution is -2.26. The Bertz CT molecular complexity index is 958. The van der Waals surface area contributed by atoms with Crippen LogP contribution < -0.4 is 15.8 Å². The molecule has 6 heteroatoms. The highest BCUT2D eigenvalue weighted by atomic mass is 16.5. The molecule has 0 spiro atoms. The third-order valence-corrected chi connectivity index (χ3v) is 4.56. The number of methoxy groups -OCH3 is 1. The Morgan fingerprint density at radius 2 is 1.86 bits per heavy atom. The molecular weight excluding hydrogens is 354 g/mol. The summed E-state index contributed by atoms with van der Waals surface area (Å²) in [6, 6.07) is 10.4. The minimum atomic E-state index is -0.253. The van der Waals surface area contributed by atoms with Gasteiger partial charge in [-0.3, -0.25) is 9.59 Å². The van der Waals surface area contributed by atoms with Crippen molar-refractivity contribution in [2.45, 2.75) is 25.8 Å². The van der Waals surface area contributed by atoms with Gasteiger partial charge in [0.15, 0.2) is 5.78 Å². The molecule has 1 saturated carbocycles. The quantitative estimate of drug-likeness (QED) is 0.439. The van der Waals surface area contributed by atoms with Crippen molar-refractivity contribution < 1.29 is 14.3 Å². The molecule has 0 aromatic heterocycles. The largest absolute Gasteiger partial charge is 0.803 e. The van der Waals surface area contributed by atoms with E-state index in [9.17, 15) is 15.0 Å². The van der Waals surface area contributed by atoms with E-state index in [4.69, 9.17) is 10.5 Å². The maximum Gasteiger partial charge on any atom is 0.255 e. The van der Waals surface area contributed by atoms with E-state index < -0.39 is 0 Å². The highest BCUT2D eigenvalue weighted by Crippen LogP contribution is 2.31. The van der Waals surface area contributed by atoms with Crippen LogP contribution in [0.15, 0.2) is 42.5 Å². The number of benzene rings is 2. The van der Waals surface area contributed by atoms with E-state index >= 15 is 0 Å². The predicted molar refractivity (Wildman–Crippen MR) is 111 cm³/mol. The summed E-state index contributed by atoms with van der Waals surface area (Å²) in [6.07, 6.45) is 5.12. The zero-order valence-corrected chi connectivity index (χ0v) is 15.9. The van der Waals surface area contributed by atoms with Crippen LogP contribution in [0.5, 0.6) is 5.75 Å². The Hall–Kier alpha value is -3.41. The summed E-state index contributed by atoms with van der Waals surface area (Å²) in [5, 5.41) is 13.5. The number of carbonyl (C=O) groups is 2. The number of Topliss-reactive ketones (excluding diaryl/α,β-unsaturated/α-hetero) is 1. The molecule has 2 aromatic rings. The van der Waals surface area contributed by atoms with Crippen molar-refractivity contribution in [3.05, 3.63) is 70.1 Å². The fraction of sp³-hybridized carbons (Fsp3) is 0.227. The molecule has 0 heterocycles. The monoisotopic (exact) mass is 376 g/mol. The van der Waals surface area contributed by atoms with E-state index in [1.54, 1.807) is 42.5 Å². The van der Waals surface area contributed by atoms with Crippen LogP contribution in [0.2, 0.25) is 0 Å². The van der Waals surface area contributed by atoms with Crippen LogP contribution in [0.1, 0.15) is 51.6 Å². The predicted octanol–water partition coefficient (Wildman–Crippen LogP) is 3.44. The fourth-order valence-corrected chi connectivity index (χ4v) is 2.83. The number of ether oxygens (including phenoxy) is 1. The van der Waals surface area contributed by atoms with E-state index in [0.717, 1.165) is 18.4 Å². The van der Waals surface area contributed by atoms with Crippen molar-refractivity contribution in [3.63, 3.8) is 0 Å². The summed E-state index contributed by atoms with van der Waals surface area (Å²) < 4.78 is 5.40. The summed E-state index contributed by atoms with van der Waals surface area (Å²) in [4.78, 5) is 23.8. The van der Waals surface area contributed by atoms with Crippen LogP contribution in [-0.2, 0) is 0 Å². The van der Waals surface area contributed by atoms with Crippen molar-refractivity contribution in [3.8, 4) is 5.75 Å². The van der Waals surface area contributed by atoms with E-state index in [2.05, 4.69) is 5.32 Å². The molecular formula is C22H22N3O3-. The van der Waals surface area contributed by atoms with Gasteiger partial charge in [0, 0.05) is 22.9 Å². The summed E-state index contributed by atoms with van der Waals surface area (Å²) in [5.74, 6) is -0.0341. The molecule has 6 nitrogen and oxygen atoms in total. The number of amides is 1. The Labute approximate surface area is 163 Å². The molecule has 3 rings (SSSR count). The number of hydrogen-bond donors (Lipinski definition) is 2. The first-order valence-electron chi connectivity index (χ1n) is 9.03. The first kappa shape index (κ1) is 19.4. The number of nitrogens with two attached hydrogens (primary N) is 1. The van der Waals surface area contributed by atoms with Crippen LogP contribution in [0, 0.1) is 0 Å². The lowest BCUT2D eigenvalue weighted by molar-refractivity contribution is 0.0947. The molecule has 0 atom stereocenters. The molecule has 0 saturated heterocycles. The SMILES string of the molecule is COc1c(C(=O)NC2CC2)ccc(N)c1C(=[N-])/C=C/c1ccc(C(C)=O)cc1. The van der Waals surface area contributed by atoms with E-state index in [-0.39, 0.29) is 34.8 Å². The van der Waals surface area contributed by atoms with Gasteiger partial charge < -0.3 is 21.2 Å². The standard InChI is InChI=1S/C22H22N3O3/c1-13(26)15-6-3-14(4-7-15)5-11-18(23)20-19(24)12-10-17(21(20)28-2)22(27)25-16-8-9-16/h3-7,10-12,16H,8-9,24H2,1-2H3,(H,25,27)/q-1/b11-5+. The maximum absolute atomic E-state index is 12.5. The molecule has 28 heavy (non-hydrogen) atoms. The van der Waals surface area contributed by atoms with Crippen LogP contribution in [0.4, 0.5) is 5.69 Å². The van der Waals surface area contributed by atoms with Crippen LogP contribution in [0.3, 0.4) is 0 Å². The molecule has 2 aromatic carbocycles. The van der Waals surface area contributed by atoms with Gasteiger partial charge in [-0.2, -0.15) is 0 Å². The lowest BCUT2D eigenvalue weighted by atomic mass is 10.0. The zero-order valence-electron chi connectivity index (χ0n) is 15.9. The average molecular weight is 376 g/mol. The summed E-state index contributed by atoms with van der Waals surface area (Å²) in [7, 11) is 1.43. The van der Waals surface area contributed by atoms with Gasteiger partial charge in [-0.15, -0.1) is 5.71 Å². The van der Waals surface area contributed by atoms with Gasteiger partial charge >= 0.3 is 0 Å². The van der Waals surface area contributed by atoms with Crippen LogP contribution in [-0.4, -0.2) is 30.6 Å². The number of ketones is 1. The third-order valence-electron chi connectivity index (χ3n) is 4.56. The Kier molecular flexibility index (Phi) is 5.59. The molecule has 144 valence electrons. The highest BCUT2D eigenvalue weighted by molar-refractivity contribution is 6.19. The van der Waals surface area contributed by atoms with Crippen LogP contribution >= 0.6 is 0 Å². The van der Waals surface area contributed by atoms with Gasteiger partial charge in [0.2, 0.25) is 0 Å². The number of nitrogens with zero attached hydrogens (tertiary/aromatic N) is 1. The molecule has 1 fully saturated rings. The summed E-state index contributed by atoms with van der Waals surface area (Å²) in [6.45, 7) is 1.51. The molecule has 1 aliphatic carbocycles. The Balaban J connectivity index is 1.87. The highest BCUT2D eigenvalue weighted by Gasteiger charge is 2.26. The third kappa shape index (κ3) is 4.28. The van der Waals surface area contributed by atoms with Crippen molar-refractivity contribution in [1.29, 1.82) is 0 Å². The van der Waals surface area contributed by atoms with Gasteiger partial charge in [0.1, 0.15) is 5.75 Å². The van der Waals surface area contributed by atoms with E-state index in [1.807, 2.05) is 0 Å². The smallest absolute Gasteiger partial charge is 0.255 e. The maximum atomic E-state index is 12.5. The van der Waals surface area contributed by atoms with Gasteiger partial charge in [0.25, 0.3) is 5.91 Å². The van der Waals surface area contributed by atoms with Crippen molar-refractivity contribution in [2.75, 3.05) is 12.8 Å². The average Bonchev–Trinajstić information content (AvgIpc) is 3.49. The van der Waals surface area contributed by atoms with Crippen molar-refractivity contribution >= 4 is 29.2 Å². The fourth-order valence-electron chi connectivity index (χ4n) is 2.83. The molecule has 0 radical (unpaired) electrons. The Morgan fingerprint density at radius 1 is 1.18 bits per heavy atom. The minimum Gasteiger partial charge on any atom is -0.803 e. The molecule has 3 N–H and O–H groups in total. The number of hydrogen-bond acceptors (Lipinski definition) is 4. The number of nitrogen functional groups attached to an aromatic ring is 1. The second kappa shape index (κ2) is 8.08. The molecule has 0 bridgehead atoms.